The second kappa shape index (κ2) is 4.03. The largest absolute Gasteiger partial charge is 0.491 e. The minimum atomic E-state index is -3.36. The molecule has 0 N–H and O–H groups in total. The zero-order chi connectivity index (χ0) is 12.6. The molecular weight excluding hydrogens is 244 g/mol. The van der Waals surface area contributed by atoms with Crippen LogP contribution in [0.25, 0.3) is 0 Å². The first-order valence-electron chi connectivity index (χ1n) is 5.04. The van der Waals surface area contributed by atoms with Crippen LogP contribution in [0.1, 0.15) is 15.9 Å². The molecule has 2 rings (SSSR count). The van der Waals surface area contributed by atoms with Gasteiger partial charge >= 0.3 is 5.97 Å². The quantitative estimate of drug-likeness (QED) is 0.700. The van der Waals surface area contributed by atoms with E-state index >= 15 is 0 Å². The number of sulfone groups is 1. The summed E-state index contributed by atoms with van der Waals surface area (Å²) in [4.78, 5) is 11.5. The predicted molar refractivity (Wildman–Crippen MR) is 60.1 cm³/mol. The number of ether oxygens (including phenoxy) is 2. The van der Waals surface area contributed by atoms with Gasteiger partial charge < -0.3 is 9.47 Å². The Morgan fingerprint density at radius 2 is 2.12 bits per heavy atom. The highest BCUT2D eigenvalue weighted by Crippen LogP contribution is 2.31. The summed E-state index contributed by atoms with van der Waals surface area (Å²) in [6.07, 6.45) is 0. The van der Waals surface area contributed by atoms with Crippen molar-refractivity contribution in [3.63, 3.8) is 0 Å². The molecule has 0 atom stereocenters. The Labute approximate surface area is 99.3 Å². The molecule has 5 nitrogen and oxygen atoms in total. The number of methoxy groups -OCH3 is 1. The van der Waals surface area contributed by atoms with E-state index in [1.165, 1.54) is 13.2 Å². The number of benzene rings is 1. The molecule has 1 aromatic rings. The van der Waals surface area contributed by atoms with Crippen molar-refractivity contribution in [2.75, 3.05) is 19.5 Å². The van der Waals surface area contributed by atoms with E-state index in [0.29, 0.717) is 11.3 Å². The summed E-state index contributed by atoms with van der Waals surface area (Å²) in [5.74, 6) is -0.309. The topological polar surface area (TPSA) is 69.7 Å². The van der Waals surface area contributed by atoms with Crippen LogP contribution in [0.4, 0.5) is 0 Å². The molecule has 0 aromatic heterocycles. The van der Waals surface area contributed by atoms with Crippen molar-refractivity contribution in [2.24, 2.45) is 0 Å². The molecule has 0 amide bonds. The molecule has 0 saturated carbocycles. The molecule has 0 aliphatic carbocycles. The maximum absolute atomic E-state index is 11.8. The Hall–Kier alpha value is -1.56. The highest BCUT2D eigenvalue weighted by Gasteiger charge is 2.27. The van der Waals surface area contributed by atoms with E-state index in [0.717, 1.165) is 0 Å². The highest BCUT2D eigenvalue weighted by molar-refractivity contribution is 7.91. The minimum Gasteiger partial charge on any atom is -0.491 e. The smallest absolute Gasteiger partial charge is 0.338 e. The van der Waals surface area contributed by atoms with Gasteiger partial charge in [0.05, 0.1) is 18.4 Å². The third kappa shape index (κ3) is 2.00. The van der Waals surface area contributed by atoms with Crippen LogP contribution in [0.2, 0.25) is 0 Å². The molecule has 1 aliphatic rings. The van der Waals surface area contributed by atoms with E-state index in [2.05, 4.69) is 4.74 Å². The predicted octanol–water partition coefficient (Wildman–Crippen LogP) is 0.948. The Balaban J connectivity index is 2.65. The van der Waals surface area contributed by atoms with Crippen molar-refractivity contribution in [1.29, 1.82) is 0 Å². The lowest BCUT2D eigenvalue weighted by Gasteiger charge is -2.19. The third-order valence-corrected chi connectivity index (χ3v) is 4.33. The number of hydrogen-bond donors (Lipinski definition) is 0. The first-order valence-corrected chi connectivity index (χ1v) is 6.69. The fraction of sp³-hybridized carbons (Fsp3) is 0.364. The lowest BCUT2D eigenvalue weighted by Crippen LogP contribution is -2.22. The fourth-order valence-corrected chi connectivity index (χ4v) is 2.96. The molecule has 0 saturated heterocycles. The Morgan fingerprint density at radius 1 is 1.41 bits per heavy atom. The molecule has 0 unspecified atom stereocenters. The van der Waals surface area contributed by atoms with Gasteiger partial charge in [-0.05, 0) is 24.6 Å². The first-order chi connectivity index (χ1) is 7.95. The van der Waals surface area contributed by atoms with E-state index in [1.807, 2.05) is 0 Å². The molecule has 0 fully saturated rings. The monoisotopic (exact) mass is 256 g/mol. The van der Waals surface area contributed by atoms with Gasteiger partial charge in [-0.3, -0.25) is 0 Å². The number of hydrogen-bond acceptors (Lipinski definition) is 5. The molecule has 0 bridgehead atoms. The van der Waals surface area contributed by atoms with Crippen molar-refractivity contribution in [2.45, 2.75) is 11.8 Å². The van der Waals surface area contributed by atoms with Gasteiger partial charge in [-0.2, -0.15) is 0 Å². The second-order valence-electron chi connectivity index (χ2n) is 3.77. The van der Waals surface area contributed by atoms with Gasteiger partial charge in [0, 0.05) is 0 Å². The number of carbonyl (C=O) groups excluding carboxylic acids is 1. The number of rotatable bonds is 1. The van der Waals surface area contributed by atoms with Crippen molar-refractivity contribution in [1.82, 2.24) is 0 Å². The zero-order valence-corrected chi connectivity index (χ0v) is 10.3. The van der Waals surface area contributed by atoms with Gasteiger partial charge in [-0.15, -0.1) is 0 Å². The lowest BCUT2D eigenvalue weighted by molar-refractivity contribution is 0.0599. The van der Waals surface area contributed by atoms with Crippen molar-refractivity contribution in [3.05, 3.63) is 23.3 Å². The molecule has 6 heteroatoms. The number of carbonyl (C=O) groups is 1. The summed E-state index contributed by atoms with van der Waals surface area (Å²) in [5.41, 5.74) is 0.882. The average Bonchev–Trinajstić information content (AvgIpc) is 2.27. The summed E-state index contributed by atoms with van der Waals surface area (Å²) < 4.78 is 33.5. The van der Waals surface area contributed by atoms with Crippen LogP contribution in [-0.2, 0) is 14.6 Å². The van der Waals surface area contributed by atoms with E-state index in [9.17, 15) is 13.2 Å². The van der Waals surface area contributed by atoms with Crippen LogP contribution >= 0.6 is 0 Å². The lowest BCUT2D eigenvalue weighted by atomic mass is 10.1. The first kappa shape index (κ1) is 11.9. The van der Waals surface area contributed by atoms with Crippen LogP contribution in [0.5, 0.6) is 5.75 Å². The van der Waals surface area contributed by atoms with Crippen molar-refractivity contribution < 1.29 is 22.7 Å². The van der Waals surface area contributed by atoms with Crippen LogP contribution < -0.4 is 4.74 Å². The summed E-state index contributed by atoms with van der Waals surface area (Å²) in [5, 5.41) is 0. The SMILES string of the molecule is COC(=O)c1cc2c(cc1C)OCCS2(=O)=O. The summed E-state index contributed by atoms with van der Waals surface area (Å²) >= 11 is 0. The molecule has 92 valence electrons. The molecular formula is C11H12O5S. The number of aryl methyl sites for hydroxylation is 1. The molecule has 17 heavy (non-hydrogen) atoms. The number of esters is 1. The highest BCUT2D eigenvalue weighted by atomic mass is 32.2. The Bertz CT molecular complexity index is 574. The van der Waals surface area contributed by atoms with E-state index in [1.54, 1.807) is 13.0 Å². The second-order valence-corrected chi connectivity index (χ2v) is 5.85. The Morgan fingerprint density at radius 3 is 2.76 bits per heavy atom. The van der Waals surface area contributed by atoms with Crippen LogP contribution in [0.3, 0.4) is 0 Å². The van der Waals surface area contributed by atoms with Crippen molar-refractivity contribution >= 4 is 15.8 Å². The molecule has 1 aliphatic heterocycles. The van der Waals surface area contributed by atoms with Gasteiger partial charge in [-0.25, -0.2) is 13.2 Å². The van der Waals surface area contributed by atoms with E-state index in [-0.39, 0.29) is 22.8 Å². The molecule has 0 radical (unpaired) electrons. The molecule has 0 spiro atoms. The van der Waals surface area contributed by atoms with Crippen LogP contribution in [-0.4, -0.2) is 33.9 Å². The van der Waals surface area contributed by atoms with Gasteiger partial charge in [0.1, 0.15) is 17.3 Å². The minimum absolute atomic E-state index is 0.0646. The maximum atomic E-state index is 11.8. The van der Waals surface area contributed by atoms with E-state index in [4.69, 9.17) is 4.74 Å². The normalized spacial score (nSPS) is 16.8. The van der Waals surface area contributed by atoms with Crippen molar-refractivity contribution in [3.8, 4) is 5.75 Å². The zero-order valence-electron chi connectivity index (χ0n) is 9.52. The Kier molecular flexibility index (Phi) is 2.82. The molecule has 1 heterocycles. The standard InChI is InChI=1S/C11H12O5S/c1-7-5-9-10(6-8(7)11(12)15-2)17(13,14)4-3-16-9/h5-6H,3-4H2,1-2H3. The summed E-state index contributed by atoms with van der Waals surface area (Å²) in [6, 6.07) is 2.88. The third-order valence-electron chi connectivity index (χ3n) is 2.64. The average molecular weight is 256 g/mol. The van der Waals surface area contributed by atoms with Gasteiger partial charge in [-0.1, -0.05) is 0 Å². The van der Waals surface area contributed by atoms with E-state index < -0.39 is 15.8 Å². The van der Waals surface area contributed by atoms with Crippen LogP contribution in [0.15, 0.2) is 17.0 Å². The maximum Gasteiger partial charge on any atom is 0.338 e. The summed E-state index contributed by atoms with van der Waals surface area (Å²) in [6.45, 7) is 1.85. The van der Waals surface area contributed by atoms with Gasteiger partial charge in [0.2, 0.25) is 0 Å². The molecule has 1 aromatic carbocycles. The van der Waals surface area contributed by atoms with Gasteiger partial charge in [0.25, 0.3) is 0 Å². The van der Waals surface area contributed by atoms with Crippen LogP contribution in [0, 0.1) is 6.92 Å². The number of fused-ring (bicyclic) bond motifs is 1. The van der Waals surface area contributed by atoms with Gasteiger partial charge in [0.15, 0.2) is 9.84 Å². The fourth-order valence-electron chi connectivity index (χ4n) is 1.72. The summed E-state index contributed by atoms with van der Waals surface area (Å²) in [7, 11) is -2.10.